The third kappa shape index (κ3) is 2.11. The van der Waals surface area contributed by atoms with Crippen LogP contribution in [0.4, 0.5) is 0 Å². The lowest BCUT2D eigenvalue weighted by atomic mass is 10.0. The normalized spacial score (nSPS) is 11.7. The molecular formula is C20H19NOS. The molecule has 0 aliphatic heterocycles. The minimum atomic E-state index is 0.872. The van der Waals surface area contributed by atoms with Gasteiger partial charge in [-0.15, -0.1) is 11.3 Å². The van der Waals surface area contributed by atoms with Gasteiger partial charge >= 0.3 is 0 Å². The molecule has 0 unspecified atom stereocenters. The van der Waals surface area contributed by atoms with E-state index in [1.54, 1.807) is 11.3 Å². The van der Waals surface area contributed by atoms with Crippen molar-refractivity contribution in [1.82, 2.24) is 4.98 Å². The molecular weight excluding hydrogens is 302 g/mol. The Morgan fingerprint density at radius 2 is 1.61 bits per heavy atom. The van der Waals surface area contributed by atoms with E-state index in [4.69, 9.17) is 9.40 Å². The van der Waals surface area contributed by atoms with Gasteiger partial charge in [0.2, 0.25) is 0 Å². The Balaban J connectivity index is 2.00. The number of hydrogen-bond donors (Lipinski definition) is 0. The average molecular weight is 321 g/mol. The molecule has 3 heteroatoms. The van der Waals surface area contributed by atoms with E-state index in [-0.39, 0.29) is 0 Å². The molecule has 23 heavy (non-hydrogen) atoms. The smallest absolute Gasteiger partial charge is 0.164 e. The van der Waals surface area contributed by atoms with Gasteiger partial charge in [0.15, 0.2) is 10.8 Å². The van der Waals surface area contributed by atoms with Gasteiger partial charge in [-0.3, -0.25) is 0 Å². The third-order valence-electron chi connectivity index (χ3n) is 4.67. The maximum atomic E-state index is 6.20. The fraction of sp³-hybridized carbons (Fsp3) is 0.250. The van der Waals surface area contributed by atoms with E-state index < -0.39 is 0 Å². The van der Waals surface area contributed by atoms with Crippen LogP contribution in [0.5, 0.6) is 0 Å². The van der Waals surface area contributed by atoms with Crippen LogP contribution in [0.2, 0.25) is 0 Å². The second-order valence-corrected chi connectivity index (χ2v) is 7.38. The van der Waals surface area contributed by atoms with Crippen molar-refractivity contribution in [3.8, 4) is 10.8 Å². The average Bonchev–Trinajstić information content (AvgIpc) is 3.13. The summed E-state index contributed by atoms with van der Waals surface area (Å²) in [6, 6.07) is 8.66. The molecule has 4 rings (SSSR count). The topological polar surface area (TPSA) is 26.0 Å². The maximum Gasteiger partial charge on any atom is 0.164 e. The predicted octanol–water partition coefficient (Wildman–Crippen LogP) is 6.25. The quantitative estimate of drug-likeness (QED) is 0.414. The second kappa shape index (κ2) is 4.93. The van der Waals surface area contributed by atoms with E-state index >= 15 is 0 Å². The number of benzene rings is 2. The molecule has 4 aromatic rings. The van der Waals surface area contributed by atoms with E-state index in [2.05, 4.69) is 58.9 Å². The van der Waals surface area contributed by atoms with Crippen molar-refractivity contribution in [3.05, 3.63) is 52.1 Å². The van der Waals surface area contributed by atoms with Crippen molar-refractivity contribution in [2.75, 3.05) is 0 Å². The monoisotopic (exact) mass is 321 g/mol. The molecule has 0 amide bonds. The van der Waals surface area contributed by atoms with Crippen LogP contribution in [0.15, 0.2) is 28.7 Å². The second-order valence-electron chi connectivity index (χ2n) is 6.38. The first-order valence-electron chi connectivity index (χ1n) is 7.83. The molecule has 0 saturated carbocycles. The minimum Gasteiger partial charge on any atom is -0.453 e. The van der Waals surface area contributed by atoms with Crippen LogP contribution in [0.25, 0.3) is 32.0 Å². The molecule has 0 bridgehead atoms. The number of fused-ring (bicyclic) bond motifs is 2. The number of nitrogens with zero attached hydrogens (tertiary/aromatic N) is 1. The van der Waals surface area contributed by atoms with Crippen LogP contribution in [-0.2, 0) is 0 Å². The van der Waals surface area contributed by atoms with Crippen molar-refractivity contribution < 1.29 is 4.42 Å². The molecule has 0 aliphatic carbocycles. The summed E-state index contributed by atoms with van der Waals surface area (Å²) in [5.41, 5.74) is 8.31. The number of rotatable bonds is 1. The summed E-state index contributed by atoms with van der Waals surface area (Å²) in [7, 11) is 0. The molecule has 0 saturated heterocycles. The fourth-order valence-electron chi connectivity index (χ4n) is 3.12. The van der Waals surface area contributed by atoms with E-state index in [0.717, 1.165) is 21.9 Å². The molecule has 2 heterocycles. The Bertz CT molecular complexity index is 1030. The Kier molecular flexibility index (Phi) is 3.10. The van der Waals surface area contributed by atoms with Gasteiger partial charge in [-0.2, -0.15) is 0 Å². The van der Waals surface area contributed by atoms with E-state index in [1.807, 2.05) is 0 Å². The Morgan fingerprint density at radius 3 is 2.35 bits per heavy atom. The van der Waals surface area contributed by atoms with Gasteiger partial charge in [-0.1, -0.05) is 18.2 Å². The highest BCUT2D eigenvalue weighted by atomic mass is 32.1. The number of thiazole rings is 1. The van der Waals surface area contributed by atoms with Crippen molar-refractivity contribution in [1.29, 1.82) is 0 Å². The van der Waals surface area contributed by atoms with Crippen molar-refractivity contribution in [3.63, 3.8) is 0 Å². The van der Waals surface area contributed by atoms with Gasteiger partial charge in [0.05, 0.1) is 10.2 Å². The molecule has 0 fully saturated rings. The summed E-state index contributed by atoms with van der Waals surface area (Å²) >= 11 is 1.72. The zero-order valence-corrected chi connectivity index (χ0v) is 14.9. The van der Waals surface area contributed by atoms with Crippen LogP contribution in [0.1, 0.15) is 27.8 Å². The first-order valence-corrected chi connectivity index (χ1v) is 8.65. The van der Waals surface area contributed by atoms with Gasteiger partial charge in [-0.05, 0) is 68.5 Å². The van der Waals surface area contributed by atoms with Gasteiger partial charge in [0.1, 0.15) is 5.58 Å². The van der Waals surface area contributed by atoms with Crippen LogP contribution in [-0.4, -0.2) is 4.98 Å². The lowest BCUT2D eigenvalue weighted by Crippen LogP contribution is -1.83. The van der Waals surface area contributed by atoms with Crippen LogP contribution >= 0.6 is 11.3 Å². The molecule has 0 aliphatic rings. The molecule has 2 aromatic carbocycles. The standard InChI is InChI=1S/C20H19NOS/c1-10-6-7-11(2)19-17(10)21-20(23-19)16-9-15-13(4)8-12(3)14(5)18(15)22-16/h6-9H,1-5H3. The third-order valence-corrected chi connectivity index (χ3v) is 5.88. The molecule has 0 radical (unpaired) electrons. The SMILES string of the molecule is Cc1cc(C)c2cc(-c3nc4c(C)ccc(C)c4s3)oc2c1C. The maximum absolute atomic E-state index is 6.20. The van der Waals surface area contributed by atoms with Crippen molar-refractivity contribution >= 4 is 32.5 Å². The zero-order chi connectivity index (χ0) is 16.3. The van der Waals surface area contributed by atoms with Crippen LogP contribution < -0.4 is 0 Å². The van der Waals surface area contributed by atoms with E-state index in [0.29, 0.717) is 0 Å². The summed E-state index contributed by atoms with van der Waals surface area (Å²) in [5, 5.41) is 2.15. The fourth-order valence-corrected chi connectivity index (χ4v) is 4.19. The van der Waals surface area contributed by atoms with Crippen molar-refractivity contribution in [2.45, 2.75) is 34.6 Å². The lowest BCUT2D eigenvalue weighted by Gasteiger charge is -2.02. The number of aryl methyl sites for hydroxylation is 5. The summed E-state index contributed by atoms with van der Waals surface area (Å²) in [6.45, 7) is 10.6. The van der Waals surface area contributed by atoms with Gasteiger partial charge in [-0.25, -0.2) is 4.98 Å². The molecule has 2 aromatic heterocycles. The molecule has 2 nitrogen and oxygen atoms in total. The Morgan fingerprint density at radius 1 is 0.870 bits per heavy atom. The Labute approximate surface area is 139 Å². The largest absolute Gasteiger partial charge is 0.453 e. The highest BCUT2D eigenvalue weighted by molar-refractivity contribution is 7.21. The number of aromatic nitrogens is 1. The molecule has 0 N–H and O–H groups in total. The molecule has 116 valence electrons. The number of furan rings is 1. The minimum absolute atomic E-state index is 0.872. The van der Waals surface area contributed by atoms with E-state index in [9.17, 15) is 0 Å². The summed E-state index contributed by atoms with van der Waals surface area (Å²) in [5.74, 6) is 0.872. The Hall–Kier alpha value is -2.13. The predicted molar refractivity (Wildman–Crippen MR) is 98.5 cm³/mol. The van der Waals surface area contributed by atoms with Crippen LogP contribution in [0.3, 0.4) is 0 Å². The van der Waals surface area contributed by atoms with Gasteiger partial charge in [0.25, 0.3) is 0 Å². The first-order chi connectivity index (χ1) is 11.0. The highest BCUT2D eigenvalue weighted by Crippen LogP contribution is 2.38. The van der Waals surface area contributed by atoms with Gasteiger partial charge < -0.3 is 4.42 Å². The molecule has 0 spiro atoms. The first kappa shape index (κ1) is 14.5. The summed E-state index contributed by atoms with van der Waals surface area (Å²) in [4.78, 5) is 4.85. The van der Waals surface area contributed by atoms with Gasteiger partial charge in [0, 0.05) is 5.39 Å². The van der Waals surface area contributed by atoms with Crippen LogP contribution in [0, 0.1) is 34.6 Å². The van der Waals surface area contributed by atoms with E-state index in [1.165, 1.54) is 37.9 Å². The summed E-state index contributed by atoms with van der Waals surface area (Å²) in [6.07, 6.45) is 0. The lowest BCUT2D eigenvalue weighted by molar-refractivity contribution is 0.628. The van der Waals surface area contributed by atoms with Crippen molar-refractivity contribution in [2.24, 2.45) is 0 Å². The highest BCUT2D eigenvalue weighted by Gasteiger charge is 2.16. The zero-order valence-electron chi connectivity index (χ0n) is 14.1. The summed E-state index contributed by atoms with van der Waals surface area (Å²) < 4.78 is 7.46. The number of hydrogen-bond acceptors (Lipinski definition) is 3. The molecule has 0 atom stereocenters.